The molecule has 0 aromatic heterocycles. The van der Waals surface area contributed by atoms with Gasteiger partial charge in [-0.1, -0.05) is 0 Å². The third-order valence-corrected chi connectivity index (χ3v) is 0.404. The fourth-order valence-corrected chi connectivity index (χ4v) is 0.176. The lowest BCUT2D eigenvalue weighted by Gasteiger charge is -1.68. The van der Waals surface area contributed by atoms with Gasteiger partial charge in [-0.15, -0.1) is 11.8 Å². The van der Waals surface area contributed by atoms with Crippen molar-refractivity contribution in [2.24, 2.45) is 0 Å². The molecule has 1 heteroatoms. The first-order valence-corrected chi connectivity index (χ1v) is 1.89. The van der Waals surface area contributed by atoms with E-state index in [9.17, 15) is 5.11 Å². The Morgan fingerprint density at radius 2 is 2.33 bits per heavy atom. The first-order valence-electron chi connectivity index (χ1n) is 1.89. The predicted molar refractivity (Wildman–Crippen MR) is 23.6 cm³/mol. The van der Waals surface area contributed by atoms with Crippen LogP contribution in [0.1, 0.15) is 13.3 Å². The van der Waals surface area contributed by atoms with Crippen LogP contribution in [-0.2, 0) is 5.11 Å². The van der Waals surface area contributed by atoms with Crippen molar-refractivity contribution >= 4 is 0 Å². The second-order valence-electron chi connectivity index (χ2n) is 0.881. The Morgan fingerprint density at radius 3 is 2.50 bits per heavy atom. The van der Waals surface area contributed by atoms with E-state index in [0.29, 0.717) is 6.42 Å². The van der Waals surface area contributed by atoms with Crippen LogP contribution in [0, 0.1) is 11.8 Å². The van der Waals surface area contributed by atoms with Crippen molar-refractivity contribution in [1.82, 2.24) is 0 Å². The zero-order chi connectivity index (χ0) is 4.83. The van der Waals surface area contributed by atoms with Gasteiger partial charge >= 0.3 is 0 Å². The van der Waals surface area contributed by atoms with E-state index in [4.69, 9.17) is 0 Å². The summed E-state index contributed by atoms with van der Waals surface area (Å²) >= 11 is 0. The van der Waals surface area contributed by atoms with Crippen LogP contribution >= 0.6 is 0 Å². The highest BCUT2D eigenvalue weighted by Crippen LogP contribution is 1.67. The Hall–Kier alpha value is -0.480. The molecule has 0 aliphatic carbocycles. The van der Waals surface area contributed by atoms with Crippen molar-refractivity contribution < 1.29 is 5.11 Å². The van der Waals surface area contributed by atoms with Crippen LogP contribution in [0.25, 0.3) is 0 Å². The molecular weight excluding hydrogens is 76.1 g/mol. The number of hydrogen-bond donors (Lipinski definition) is 0. The summed E-state index contributed by atoms with van der Waals surface area (Å²) < 4.78 is 0. The van der Waals surface area contributed by atoms with Crippen LogP contribution < -0.4 is 0 Å². The fraction of sp³-hybridized carbons (Fsp3) is 0.600. The monoisotopic (exact) mass is 83.0 g/mol. The smallest absolute Gasteiger partial charge is 0.0931 e. The molecule has 0 N–H and O–H groups in total. The lowest BCUT2D eigenvalue weighted by molar-refractivity contribution is 0.201. The molecule has 0 spiro atoms. The van der Waals surface area contributed by atoms with Crippen molar-refractivity contribution in [3.05, 3.63) is 0 Å². The minimum Gasteiger partial charge on any atom is -0.236 e. The number of rotatable bonds is 1. The van der Waals surface area contributed by atoms with Crippen LogP contribution in [0.3, 0.4) is 0 Å². The zero-order valence-electron chi connectivity index (χ0n) is 3.82. The molecule has 0 aliphatic heterocycles. The van der Waals surface area contributed by atoms with Gasteiger partial charge in [0.1, 0.15) is 0 Å². The van der Waals surface area contributed by atoms with Gasteiger partial charge in [0.2, 0.25) is 0 Å². The molecule has 1 nitrogen and oxygen atoms in total. The highest BCUT2D eigenvalue weighted by molar-refractivity contribution is 4.94. The van der Waals surface area contributed by atoms with Crippen molar-refractivity contribution in [3.8, 4) is 11.8 Å². The molecule has 0 aromatic carbocycles. The lowest BCUT2D eigenvalue weighted by atomic mass is 10.5. The summed E-state index contributed by atoms with van der Waals surface area (Å²) in [5, 5.41) is 9.59. The Bertz CT molecular complexity index is 65.7. The van der Waals surface area contributed by atoms with Gasteiger partial charge in [0, 0.05) is 6.42 Å². The Kier molecular flexibility index (Phi) is 4.16. The molecule has 0 aromatic rings. The third kappa shape index (κ3) is 3.52. The fourth-order valence-electron chi connectivity index (χ4n) is 0.176. The first-order chi connectivity index (χ1) is 2.91. The van der Waals surface area contributed by atoms with Crippen LogP contribution in [0.2, 0.25) is 0 Å². The summed E-state index contributed by atoms with van der Waals surface area (Å²) in [6, 6.07) is 0. The van der Waals surface area contributed by atoms with Gasteiger partial charge in [-0.05, 0) is 6.92 Å². The average Bonchev–Trinajstić information content (AvgIpc) is 1.61. The Labute approximate surface area is 38.0 Å². The molecule has 0 saturated carbocycles. The Morgan fingerprint density at radius 1 is 1.67 bits per heavy atom. The standard InChI is InChI=1S/C5H7O/c1-2-3-4-5-6/h4-5H2,1H3. The van der Waals surface area contributed by atoms with Gasteiger partial charge < -0.3 is 0 Å². The molecule has 0 amide bonds. The third-order valence-electron chi connectivity index (χ3n) is 0.404. The van der Waals surface area contributed by atoms with E-state index in [1.807, 2.05) is 0 Å². The van der Waals surface area contributed by atoms with Gasteiger partial charge in [-0.2, -0.15) is 0 Å². The summed E-state index contributed by atoms with van der Waals surface area (Å²) in [6.07, 6.45) is 0.497. The van der Waals surface area contributed by atoms with Crippen LogP contribution in [0.15, 0.2) is 0 Å². The molecule has 33 valence electrons. The molecule has 0 heterocycles. The minimum absolute atomic E-state index is 0.0686. The lowest BCUT2D eigenvalue weighted by Crippen LogP contribution is -1.71. The van der Waals surface area contributed by atoms with E-state index in [1.165, 1.54) is 0 Å². The van der Waals surface area contributed by atoms with Crippen molar-refractivity contribution in [2.45, 2.75) is 13.3 Å². The second-order valence-corrected chi connectivity index (χ2v) is 0.881. The maximum absolute atomic E-state index is 9.59. The SMILES string of the molecule is CC#CCC[O]. The quantitative estimate of drug-likeness (QED) is 0.418. The highest BCUT2D eigenvalue weighted by atomic mass is 16.2. The molecule has 0 unspecified atom stereocenters. The largest absolute Gasteiger partial charge is 0.236 e. The van der Waals surface area contributed by atoms with E-state index in [1.54, 1.807) is 6.92 Å². The van der Waals surface area contributed by atoms with Crippen molar-refractivity contribution in [3.63, 3.8) is 0 Å². The minimum atomic E-state index is -0.0686. The van der Waals surface area contributed by atoms with E-state index in [0.717, 1.165) is 0 Å². The van der Waals surface area contributed by atoms with Crippen molar-refractivity contribution in [2.75, 3.05) is 6.61 Å². The van der Waals surface area contributed by atoms with Crippen LogP contribution in [0.4, 0.5) is 0 Å². The van der Waals surface area contributed by atoms with E-state index in [-0.39, 0.29) is 6.61 Å². The van der Waals surface area contributed by atoms with Crippen LogP contribution in [0.5, 0.6) is 0 Å². The first kappa shape index (κ1) is 5.52. The molecule has 0 rings (SSSR count). The molecule has 6 heavy (non-hydrogen) atoms. The maximum atomic E-state index is 9.59. The summed E-state index contributed by atoms with van der Waals surface area (Å²) in [4.78, 5) is 0. The predicted octanol–water partition coefficient (Wildman–Crippen LogP) is 0.830. The van der Waals surface area contributed by atoms with Crippen LogP contribution in [-0.4, -0.2) is 6.61 Å². The maximum Gasteiger partial charge on any atom is 0.0931 e. The summed E-state index contributed by atoms with van der Waals surface area (Å²) in [6.45, 7) is 1.66. The molecule has 0 aliphatic rings. The number of hydrogen-bond acceptors (Lipinski definition) is 0. The van der Waals surface area contributed by atoms with Gasteiger partial charge in [-0.25, -0.2) is 5.11 Å². The molecular formula is C5H7O. The molecule has 1 radical (unpaired) electrons. The summed E-state index contributed by atoms with van der Waals surface area (Å²) in [5.41, 5.74) is 0. The summed E-state index contributed by atoms with van der Waals surface area (Å²) in [7, 11) is 0. The average molecular weight is 83.1 g/mol. The summed E-state index contributed by atoms with van der Waals surface area (Å²) in [5.74, 6) is 5.25. The van der Waals surface area contributed by atoms with Gasteiger partial charge in [0.25, 0.3) is 0 Å². The normalized spacial score (nSPS) is 6.33. The highest BCUT2D eigenvalue weighted by Gasteiger charge is 1.67. The van der Waals surface area contributed by atoms with Gasteiger partial charge in [0.15, 0.2) is 0 Å². The molecule has 0 atom stereocenters. The van der Waals surface area contributed by atoms with E-state index in [2.05, 4.69) is 11.8 Å². The topological polar surface area (TPSA) is 19.9 Å². The van der Waals surface area contributed by atoms with Gasteiger partial charge in [-0.3, -0.25) is 0 Å². The Balaban J connectivity index is 2.79. The van der Waals surface area contributed by atoms with E-state index >= 15 is 0 Å². The molecule has 0 saturated heterocycles. The molecule has 0 fully saturated rings. The zero-order valence-corrected chi connectivity index (χ0v) is 3.82. The van der Waals surface area contributed by atoms with Gasteiger partial charge in [0.05, 0.1) is 6.61 Å². The van der Waals surface area contributed by atoms with E-state index < -0.39 is 0 Å². The molecule has 0 bridgehead atoms. The second kappa shape index (κ2) is 4.52. The van der Waals surface area contributed by atoms with Crippen molar-refractivity contribution in [1.29, 1.82) is 0 Å².